The number of hydrogen-bond donors (Lipinski definition) is 1. The number of benzene rings is 2. The van der Waals surface area contributed by atoms with E-state index in [1.165, 1.54) is 0 Å². The standard InChI is InChI=1S/C17H14INO2/c1-10-3-2-4-13(16(10)18)17(21)12-5-7-14-11(9-12)6-8-15(20)19-14/h2-5,7,9H,6,8H2,1H3,(H,19,20). The molecule has 1 aliphatic rings. The van der Waals surface area contributed by atoms with Crippen molar-refractivity contribution in [1.82, 2.24) is 0 Å². The van der Waals surface area contributed by atoms with Gasteiger partial charge < -0.3 is 5.32 Å². The summed E-state index contributed by atoms with van der Waals surface area (Å²) in [5.74, 6) is 0.0672. The van der Waals surface area contributed by atoms with Gasteiger partial charge in [0.2, 0.25) is 5.91 Å². The molecular weight excluding hydrogens is 377 g/mol. The zero-order chi connectivity index (χ0) is 15.0. The highest BCUT2D eigenvalue weighted by atomic mass is 127. The van der Waals surface area contributed by atoms with Crippen LogP contribution in [0, 0.1) is 10.5 Å². The lowest BCUT2D eigenvalue weighted by Gasteiger charge is -2.17. The van der Waals surface area contributed by atoms with Gasteiger partial charge in [0.1, 0.15) is 0 Å². The van der Waals surface area contributed by atoms with E-state index in [1.807, 2.05) is 37.3 Å². The molecule has 1 amide bonds. The van der Waals surface area contributed by atoms with Gasteiger partial charge >= 0.3 is 0 Å². The molecule has 0 saturated heterocycles. The lowest BCUT2D eigenvalue weighted by Crippen LogP contribution is -2.19. The van der Waals surface area contributed by atoms with Crippen LogP contribution in [0.3, 0.4) is 0 Å². The fraction of sp³-hybridized carbons (Fsp3) is 0.176. The zero-order valence-electron chi connectivity index (χ0n) is 11.6. The van der Waals surface area contributed by atoms with E-state index in [4.69, 9.17) is 0 Å². The summed E-state index contributed by atoms with van der Waals surface area (Å²) >= 11 is 2.21. The molecule has 21 heavy (non-hydrogen) atoms. The number of nitrogens with one attached hydrogen (secondary N) is 1. The molecule has 3 nitrogen and oxygen atoms in total. The Labute approximate surface area is 136 Å². The summed E-state index contributed by atoms with van der Waals surface area (Å²) in [6.07, 6.45) is 1.17. The van der Waals surface area contributed by atoms with Crippen molar-refractivity contribution in [3.05, 3.63) is 62.2 Å². The van der Waals surface area contributed by atoms with Gasteiger partial charge in [-0.05, 0) is 71.3 Å². The van der Waals surface area contributed by atoms with Gasteiger partial charge in [0.05, 0.1) is 0 Å². The van der Waals surface area contributed by atoms with Crippen LogP contribution in [0.4, 0.5) is 5.69 Å². The van der Waals surface area contributed by atoms with E-state index in [0.29, 0.717) is 18.4 Å². The van der Waals surface area contributed by atoms with Crippen LogP contribution in [0.25, 0.3) is 0 Å². The van der Waals surface area contributed by atoms with Gasteiger partial charge in [-0.2, -0.15) is 0 Å². The van der Waals surface area contributed by atoms with Crippen LogP contribution >= 0.6 is 22.6 Å². The van der Waals surface area contributed by atoms with E-state index in [2.05, 4.69) is 27.9 Å². The third-order valence-electron chi connectivity index (χ3n) is 3.70. The van der Waals surface area contributed by atoms with E-state index < -0.39 is 0 Å². The second-order valence-corrected chi connectivity index (χ2v) is 6.26. The number of fused-ring (bicyclic) bond motifs is 1. The highest BCUT2D eigenvalue weighted by molar-refractivity contribution is 14.1. The lowest BCUT2D eigenvalue weighted by molar-refractivity contribution is -0.116. The molecule has 0 spiro atoms. The Morgan fingerprint density at radius 3 is 2.81 bits per heavy atom. The Bertz CT molecular complexity index is 752. The first-order chi connectivity index (χ1) is 10.1. The van der Waals surface area contributed by atoms with E-state index >= 15 is 0 Å². The normalized spacial score (nSPS) is 13.5. The average molecular weight is 391 g/mol. The Morgan fingerprint density at radius 2 is 2.00 bits per heavy atom. The minimum Gasteiger partial charge on any atom is -0.326 e. The number of carbonyl (C=O) groups is 2. The molecule has 0 aromatic heterocycles. The van der Waals surface area contributed by atoms with Crippen molar-refractivity contribution in [2.75, 3.05) is 5.32 Å². The van der Waals surface area contributed by atoms with E-state index in [0.717, 1.165) is 25.9 Å². The minimum absolute atomic E-state index is 0.0304. The quantitative estimate of drug-likeness (QED) is 0.627. The van der Waals surface area contributed by atoms with Gasteiger partial charge in [0.25, 0.3) is 0 Å². The van der Waals surface area contributed by atoms with Crippen LogP contribution in [-0.4, -0.2) is 11.7 Å². The van der Waals surface area contributed by atoms with E-state index in [1.54, 1.807) is 6.07 Å². The van der Waals surface area contributed by atoms with Crippen LogP contribution in [-0.2, 0) is 11.2 Å². The lowest BCUT2D eigenvalue weighted by atomic mass is 9.96. The van der Waals surface area contributed by atoms with Gasteiger partial charge in [-0.25, -0.2) is 0 Å². The van der Waals surface area contributed by atoms with Crippen LogP contribution in [0.5, 0.6) is 0 Å². The first kappa shape index (κ1) is 14.3. The molecule has 2 aromatic rings. The molecule has 2 aromatic carbocycles. The summed E-state index contributed by atoms with van der Waals surface area (Å²) in [7, 11) is 0. The predicted molar refractivity (Wildman–Crippen MR) is 90.7 cm³/mol. The molecule has 106 valence electrons. The number of rotatable bonds is 2. The predicted octanol–water partition coefficient (Wildman–Crippen LogP) is 3.72. The van der Waals surface area contributed by atoms with Gasteiger partial charge in [0.15, 0.2) is 5.78 Å². The zero-order valence-corrected chi connectivity index (χ0v) is 13.7. The number of halogens is 1. The molecule has 0 atom stereocenters. The molecular formula is C17H14INO2. The third kappa shape index (κ3) is 2.72. The second-order valence-electron chi connectivity index (χ2n) is 5.19. The first-order valence-electron chi connectivity index (χ1n) is 6.79. The number of amides is 1. The molecule has 1 heterocycles. The molecule has 1 aliphatic heterocycles. The Hall–Kier alpha value is -1.69. The van der Waals surface area contributed by atoms with Crippen LogP contribution < -0.4 is 5.32 Å². The van der Waals surface area contributed by atoms with Gasteiger partial charge in [-0.1, -0.05) is 12.1 Å². The van der Waals surface area contributed by atoms with Crippen molar-refractivity contribution in [3.63, 3.8) is 0 Å². The molecule has 0 saturated carbocycles. The number of hydrogen-bond acceptors (Lipinski definition) is 2. The summed E-state index contributed by atoms with van der Waals surface area (Å²) in [6, 6.07) is 11.3. The first-order valence-corrected chi connectivity index (χ1v) is 7.87. The molecule has 1 N–H and O–H groups in total. The van der Waals surface area contributed by atoms with Gasteiger partial charge in [-0.3, -0.25) is 9.59 Å². The summed E-state index contributed by atoms with van der Waals surface area (Å²) in [4.78, 5) is 24.0. The smallest absolute Gasteiger partial charge is 0.224 e. The molecule has 0 radical (unpaired) electrons. The maximum Gasteiger partial charge on any atom is 0.224 e. The van der Waals surface area contributed by atoms with E-state index in [-0.39, 0.29) is 11.7 Å². The molecule has 0 aliphatic carbocycles. The van der Waals surface area contributed by atoms with Crippen LogP contribution in [0.1, 0.15) is 33.5 Å². The SMILES string of the molecule is Cc1cccc(C(=O)c2ccc3c(c2)CCC(=O)N3)c1I. The second kappa shape index (κ2) is 5.60. The number of carbonyl (C=O) groups excluding carboxylic acids is 2. The Balaban J connectivity index is 1.99. The summed E-state index contributed by atoms with van der Waals surface area (Å²) in [5, 5.41) is 2.83. The van der Waals surface area contributed by atoms with E-state index in [9.17, 15) is 9.59 Å². The Kier molecular flexibility index (Phi) is 3.80. The third-order valence-corrected chi connectivity index (χ3v) is 5.13. The summed E-state index contributed by atoms with van der Waals surface area (Å²) in [6.45, 7) is 2.00. The van der Waals surface area contributed by atoms with Crippen molar-refractivity contribution in [2.45, 2.75) is 19.8 Å². The topological polar surface area (TPSA) is 46.2 Å². The number of aryl methyl sites for hydroxylation is 2. The van der Waals surface area contributed by atoms with Crippen molar-refractivity contribution in [1.29, 1.82) is 0 Å². The summed E-state index contributed by atoms with van der Waals surface area (Å²) in [5.41, 5.74) is 4.36. The largest absolute Gasteiger partial charge is 0.326 e. The highest BCUT2D eigenvalue weighted by Crippen LogP contribution is 2.26. The van der Waals surface area contributed by atoms with Crippen molar-refractivity contribution < 1.29 is 9.59 Å². The Morgan fingerprint density at radius 1 is 1.19 bits per heavy atom. The average Bonchev–Trinajstić information content (AvgIpc) is 2.49. The molecule has 0 fully saturated rings. The molecule has 0 bridgehead atoms. The summed E-state index contributed by atoms with van der Waals surface area (Å²) < 4.78 is 0.992. The highest BCUT2D eigenvalue weighted by Gasteiger charge is 2.18. The molecule has 0 unspecified atom stereocenters. The van der Waals surface area contributed by atoms with Crippen molar-refractivity contribution in [3.8, 4) is 0 Å². The number of anilines is 1. The molecule has 3 rings (SSSR count). The van der Waals surface area contributed by atoms with Gasteiger partial charge in [-0.15, -0.1) is 0 Å². The molecule has 4 heteroatoms. The van der Waals surface area contributed by atoms with Crippen molar-refractivity contribution in [2.24, 2.45) is 0 Å². The monoisotopic (exact) mass is 391 g/mol. The van der Waals surface area contributed by atoms with Crippen molar-refractivity contribution >= 4 is 40.0 Å². The number of ketones is 1. The minimum atomic E-state index is 0.0304. The van der Waals surface area contributed by atoms with Crippen LogP contribution in [0.2, 0.25) is 0 Å². The van der Waals surface area contributed by atoms with Crippen LogP contribution in [0.15, 0.2) is 36.4 Å². The maximum atomic E-state index is 12.7. The fourth-order valence-electron chi connectivity index (χ4n) is 2.50. The fourth-order valence-corrected chi connectivity index (χ4v) is 3.11. The maximum absolute atomic E-state index is 12.7. The van der Waals surface area contributed by atoms with Gasteiger partial charge in [0, 0.05) is 26.8 Å².